The number of fused-ring (bicyclic) bond motifs is 1. The molecule has 33 heavy (non-hydrogen) atoms. The zero-order valence-corrected chi connectivity index (χ0v) is 17.8. The number of H-pyrrole nitrogens is 2. The fraction of sp³-hybridized carbons (Fsp3) is 0.0769. The molecule has 164 valence electrons. The number of nitrogens with one attached hydrogen (secondary N) is 3. The maximum absolute atomic E-state index is 12.9. The first-order valence-corrected chi connectivity index (χ1v) is 10.5. The molecule has 0 saturated heterocycles. The fourth-order valence-electron chi connectivity index (χ4n) is 3.83. The van der Waals surface area contributed by atoms with E-state index in [0.717, 1.165) is 5.56 Å². The van der Waals surface area contributed by atoms with Crippen molar-refractivity contribution in [3.63, 3.8) is 0 Å². The third kappa shape index (κ3) is 4.04. The highest BCUT2D eigenvalue weighted by Crippen LogP contribution is 2.37. The number of carbonyl (C=O) groups is 1. The summed E-state index contributed by atoms with van der Waals surface area (Å²) in [6, 6.07) is 22.3. The molecule has 0 atom stereocenters. The van der Waals surface area contributed by atoms with Crippen molar-refractivity contribution in [1.29, 1.82) is 0 Å². The number of ether oxygens (including phenoxy) is 1. The molecule has 0 spiro atoms. The number of hydrogen-bond acceptors (Lipinski definition) is 4. The van der Waals surface area contributed by atoms with Crippen molar-refractivity contribution in [3.05, 3.63) is 107 Å². The summed E-state index contributed by atoms with van der Waals surface area (Å²) >= 11 is 0. The van der Waals surface area contributed by atoms with Gasteiger partial charge < -0.3 is 24.4 Å². The fourth-order valence-corrected chi connectivity index (χ4v) is 3.83. The van der Waals surface area contributed by atoms with E-state index in [4.69, 9.17) is 9.15 Å². The highest BCUT2D eigenvalue weighted by atomic mass is 16.5. The monoisotopic (exact) mass is 439 g/mol. The summed E-state index contributed by atoms with van der Waals surface area (Å²) in [5.41, 5.74) is 2.03. The molecule has 2 aromatic carbocycles. The molecule has 7 nitrogen and oxygen atoms in total. The van der Waals surface area contributed by atoms with Crippen molar-refractivity contribution in [2.75, 3.05) is 0 Å². The van der Waals surface area contributed by atoms with Crippen molar-refractivity contribution in [3.8, 4) is 22.8 Å². The molecule has 0 saturated carbocycles. The van der Waals surface area contributed by atoms with E-state index in [0.29, 0.717) is 39.4 Å². The number of hydrogen-bond donors (Lipinski definition) is 3. The predicted octanol–water partition coefficient (Wildman–Crippen LogP) is 5.15. The predicted molar refractivity (Wildman–Crippen MR) is 125 cm³/mol. The second-order valence-corrected chi connectivity index (χ2v) is 7.60. The molecule has 0 aliphatic carbocycles. The molecule has 3 aromatic heterocycles. The van der Waals surface area contributed by atoms with Crippen LogP contribution in [0.4, 0.5) is 0 Å². The Labute approximate surface area is 189 Å². The van der Waals surface area contributed by atoms with E-state index in [2.05, 4.69) is 15.3 Å². The molecule has 0 unspecified atom stereocenters. The van der Waals surface area contributed by atoms with Crippen LogP contribution in [0.2, 0.25) is 0 Å². The number of aryl methyl sites for hydroxylation is 1. The summed E-state index contributed by atoms with van der Waals surface area (Å²) in [6.07, 6.45) is 1.54. The van der Waals surface area contributed by atoms with Crippen LogP contribution in [0.25, 0.3) is 22.0 Å². The molecule has 7 heteroatoms. The van der Waals surface area contributed by atoms with Gasteiger partial charge in [-0.25, -0.2) is 0 Å². The molecular weight excluding hydrogens is 418 g/mol. The van der Waals surface area contributed by atoms with E-state index in [1.54, 1.807) is 24.5 Å². The molecule has 0 aliphatic rings. The van der Waals surface area contributed by atoms with Crippen molar-refractivity contribution in [2.24, 2.45) is 0 Å². The summed E-state index contributed by atoms with van der Waals surface area (Å²) in [6.45, 7) is 2.05. The quantitative estimate of drug-likeness (QED) is 0.341. The van der Waals surface area contributed by atoms with Gasteiger partial charge in [0, 0.05) is 16.6 Å². The highest BCUT2D eigenvalue weighted by molar-refractivity contribution is 6.02. The first kappa shape index (κ1) is 20.4. The Balaban J connectivity index is 1.56. The van der Waals surface area contributed by atoms with E-state index in [1.165, 1.54) is 0 Å². The normalized spacial score (nSPS) is 10.9. The summed E-state index contributed by atoms with van der Waals surface area (Å²) in [7, 11) is 0. The molecule has 3 N–H and O–H groups in total. The largest absolute Gasteiger partial charge is 0.467 e. The van der Waals surface area contributed by atoms with Crippen LogP contribution >= 0.6 is 0 Å². The van der Waals surface area contributed by atoms with Crippen LogP contribution in [0, 0.1) is 6.92 Å². The number of para-hydroxylation sites is 2. The van der Waals surface area contributed by atoms with Gasteiger partial charge in [-0.3, -0.25) is 9.59 Å². The number of amides is 1. The molecule has 0 aliphatic heterocycles. The number of benzene rings is 2. The summed E-state index contributed by atoms with van der Waals surface area (Å²) in [5, 5.41) is 3.91. The molecule has 3 heterocycles. The van der Waals surface area contributed by atoms with Gasteiger partial charge in [0.25, 0.3) is 11.5 Å². The first-order chi connectivity index (χ1) is 16.1. The van der Waals surface area contributed by atoms with Gasteiger partial charge in [0.15, 0.2) is 0 Å². The van der Waals surface area contributed by atoms with Gasteiger partial charge in [-0.2, -0.15) is 0 Å². The number of aromatic amines is 2. The van der Waals surface area contributed by atoms with Crippen LogP contribution in [0.5, 0.6) is 11.5 Å². The van der Waals surface area contributed by atoms with Gasteiger partial charge in [-0.1, -0.05) is 30.3 Å². The Hall–Kier alpha value is -4.52. The summed E-state index contributed by atoms with van der Waals surface area (Å²) in [5.74, 6) is 1.56. The number of rotatable bonds is 6. The van der Waals surface area contributed by atoms with Crippen LogP contribution in [-0.2, 0) is 6.54 Å². The average Bonchev–Trinajstić information content (AvgIpc) is 3.46. The lowest BCUT2D eigenvalue weighted by molar-refractivity contribution is 0.0943. The van der Waals surface area contributed by atoms with Gasteiger partial charge in [-0.05, 0) is 49.4 Å². The Bertz CT molecular complexity index is 1480. The Morgan fingerprint density at radius 1 is 1.00 bits per heavy atom. The number of carbonyl (C=O) groups excluding carboxylic acids is 1. The minimum Gasteiger partial charge on any atom is -0.467 e. The molecule has 0 fully saturated rings. The lowest BCUT2D eigenvalue weighted by atomic mass is 10.1. The topological polar surface area (TPSA) is 100 Å². The SMILES string of the molecule is Cc1[nH]c(-c2ccccc2Oc2ccccc2)c2cc(C(=O)NCc3ccco3)[nH]c(=O)c12. The van der Waals surface area contributed by atoms with Crippen molar-refractivity contribution in [1.82, 2.24) is 15.3 Å². The Kier molecular flexibility index (Phi) is 5.28. The van der Waals surface area contributed by atoms with E-state index >= 15 is 0 Å². The van der Waals surface area contributed by atoms with Crippen LogP contribution in [0.1, 0.15) is 21.9 Å². The molecular formula is C26H21N3O4. The first-order valence-electron chi connectivity index (χ1n) is 10.5. The second-order valence-electron chi connectivity index (χ2n) is 7.60. The van der Waals surface area contributed by atoms with Crippen molar-refractivity contribution in [2.45, 2.75) is 13.5 Å². The van der Waals surface area contributed by atoms with Gasteiger partial charge in [0.2, 0.25) is 0 Å². The smallest absolute Gasteiger partial charge is 0.268 e. The number of aromatic nitrogens is 2. The van der Waals surface area contributed by atoms with E-state index < -0.39 is 5.91 Å². The third-order valence-corrected chi connectivity index (χ3v) is 5.37. The van der Waals surface area contributed by atoms with Crippen LogP contribution in [-0.4, -0.2) is 15.9 Å². The van der Waals surface area contributed by atoms with Crippen LogP contribution in [0.3, 0.4) is 0 Å². The van der Waals surface area contributed by atoms with Gasteiger partial charge in [0.1, 0.15) is 23.0 Å². The maximum Gasteiger partial charge on any atom is 0.268 e. The van der Waals surface area contributed by atoms with E-state index in [9.17, 15) is 9.59 Å². The molecule has 5 rings (SSSR count). The van der Waals surface area contributed by atoms with Crippen molar-refractivity contribution >= 4 is 16.7 Å². The number of pyridine rings is 1. The van der Waals surface area contributed by atoms with Gasteiger partial charge in [0.05, 0.1) is 23.9 Å². The maximum atomic E-state index is 12.9. The highest BCUT2D eigenvalue weighted by Gasteiger charge is 2.19. The van der Waals surface area contributed by atoms with E-state index in [1.807, 2.05) is 61.5 Å². The van der Waals surface area contributed by atoms with Gasteiger partial charge >= 0.3 is 0 Å². The molecule has 1 amide bonds. The minimum absolute atomic E-state index is 0.167. The van der Waals surface area contributed by atoms with Crippen LogP contribution in [0.15, 0.2) is 88.3 Å². The molecule has 0 bridgehead atoms. The minimum atomic E-state index is -0.399. The lowest BCUT2D eigenvalue weighted by Gasteiger charge is -2.11. The molecule has 5 aromatic rings. The van der Waals surface area contributed by atoms with Crippen LogP contribution < -0.4 is 15.6 Å². The number of furan rings is 1. The second kappa shape index (κ2) is 8.55. The van der Waals surface area contributed by atoms with E-state index in [-0.39, 0.29) is 17.8 Å². The lowest BCUT2D eigenvalue weighted by Crippen LogP contribution is -2.25. The Morgan fingerprint density at radius 3 is 2.58 bits per heavy atom. The third-order valence-electron chi connectivity index (χ3n) is 5.37. The molecule has 0 radical (unpaired) electrons. The Morgan fingerprint density at radius 2 is 1.79 bits per heavy atom. The van der Waals surface area contributed by atoms with Gasteiger partial charge in [-0.15, -0.1) is 0 Å². The summed E-state index contributed by atoms with van der Waals surface area (Å²) < 4.78 is 11.4. The van der Waals surface area contributed by atoms with Crippen molar-refractivity contribution < 1.29 is 13.9 Å². The zero-order valence-electron chi connectivity index (χ0n) is 17.8. The zero-order chi connectivity index (χ0) is 22.8. The average molecular weight is 439 g/mol. The standard InChI is InChI=1S/C26H21N3O4/c1-16-23-20(14-21(29-26(23)31)25(30)27-15-18-10-7-13-32-18)24(28-16)19-11-5-6-12-22(19)33-17-8-3-2-4-9-17/h2-14,28H,15H2,1H3,(H,27,30)(H,29,31). The summed E-state index contributed by atoms with van der Waals surface area (Å²) in [4.78, 5) is 31.6.